The van der Waals surface area contributed by atoms with E-state index in [2.05, 4.69) is 10.3 Å². The van der Waals surface area contributed by atoms with E-state index in [0.717, 1.165) is 12.8 Å². The van der Waals surface area contributed by atoms with E-state index in [1.54, 1.807) is 34.7 Å². The number of nitrogens with one attached hydrogen (secondary N) is 1. The Morgan fingerprint density at radius 1 is 1.35 bits per heavy atom. The van der Waals surface area contributed by atoms with Gasteiger partial charge in [-0.2, -0.15) is 0 Å². The molecule has 0 unspecified atom stereocenters. The van der Waals surface area contributed by atoms with Crippen LogP contribution in [-0.4, -0.2) is 39.9 Å². The van der Waals surface area contributed by atoms with Gasteiger partial charge in [0.2, 0.25) is 5.91 Å². The minimum absolute atomic E-state index is 0.0353. The zero-order valence-electron chi connectivity index (χ0n) is 12.4. The summed E-state index contributed by atoms with van der Waals surface area (Å²) in [5.41, 5.74) is 0.272. The molecule has 2 N–H and O–H groups in total. The molecule has 1 fully saturated rings. The van der Waals surface area contributed by atoms with E-state index in [4.69, 9.17) is 0 Å². The first-order chi connectivity index (χ1) is 11.1. The summed E-state index contributed by atoms with van der Waals surface area (Å²) in [6.07, 6.45) is 3.13. The van der Waals surface area contributed by atoms with Crippen LogP contribution in [0.15, 0.2) is 35.8 Å². The molecule has 1 atom stereocenters. The topological polar surface area (TPSA) is 82.5 Å². The summed E-state index contributed by atoms with van der Waals surface area (Å²) in [6.45, 7) is 0.943. The highest BCUT2D eigenvalue weighted by atomic mass is 32.1. The number of anilines is 1. The van der Waals surface area contributed by atoms with Crippen LogP contribution in [-0.2, 0) is 4.79 Å². The summed E-state index contributed by atoms with van der Waals surface area (Å²) in [7, 11) is 0. The Morgan fingerprint density at radius 2 is 2.17 bits per heavy atom. The van der Waals surface area contributed by atoms with Crippen molar-refractivity contribution in [2.24, 2.45) is 5.92 Å². The molecule has 0 aliphatic carbocycles. The molecule has 2 amide bonds. The lowest BCUT2D eigenvalue weighted by Gasteiger charge is -2.32. The van der Waals surface area contributed by atoms with Crippen molar-refractivity contribution >= 4 is 28.3 Å². The standard InChI is InChI=1S/C16H17N3O3S/c20-13-6-2-1-5-12(13)15(22)19-8-3-4-11(10-19)14(21)18-16-17-7-9-23-16/h1-2,5-7,9,11,20H,3-4,8,10H2,(H,17,18,21)/t11-/m0/s1. The highest BCUT2D eigenvalue weighted by molar-refractivity contribution is 7.13. The van der Waals surface area contributed by atoms with Gasteiger partial charge < -0.3 is 15.3 Å². The number of hydrogen-bond donors (Lipinski definition) is 2. The summed E-state index contributed by atoms with van der Waals surface area (Å²) in [5.74, 6) is -0.654. The minimum Gasteiger partial charge on any atom is -0.507 e. The van der Waals surface area contributed by atoms with Crippen LogP contribution in [0.1, 0.15) is 23.2 Å². The van der Waals surface area contributed by atoms with Crippen molar-refractivity contribution in [2.45, 2.75) is 12.8 Å². The van der Waals surface area contributed by atoms with E-state index >= 15 is 0 Å². The number of amides is 2. The first kappa shape index (κ1) is 15.5. The fourth-order valence-corrected chi connectivity index (χ4v) is 3.22. The van der Waals surface area contributed by atoms with Gasteiger partial charge in [0, 0.05) is 24.7 Å². The molecule has 0 saturated carbocycles. The molecule has 0 spiro atoms. The maximum absolute atomic E-state index is 12.5. The van der Waals surface area contributed by atoms with Gasteiger partial charge >= 0.3 is 0 Å². The molecule has 120 valence electrons. The number of phenols is 1. The van der Waals surface area contributed by atoms with Crippen molar-refractivity contribution in [3.63, 3.8) is 0 Å². The maximum Gasteiger partial charge on any atom is 0.257 e. The fraction of sp³-hybridized carbons (Fsp3) is 0.312. The van der Waals surface area contributed by atoms with Gasteiger partial charge in [-0.05, 0) is 25.0 Å². The maximum atomic E-state index is 12.5. The number of thiazole rings is 1. The van der Waals surface area contributed by atoms with Crippen LogP contribution in [0.2, 0.25) is 0 Å². The number of benzene rings is 1. The fourth-order valence-electron chi connectivity index (χ4n) is 2.69. The van der Waals surface area contributed by atoms with Gasteiger partial charge in [0.05, 0.1) is 11.5 Å². The van der Waals surface area contributed by atoms with Crippen LogP contribution in [0.3, 0.4) is 0 Å². The van der Waals surface area contributed by atoms with Crippen molar-refractivity contribution in [3.05, 3.63) is 41.4 Å². The van der Waals surface area contributed by atoms with Crippen LogP contribution in [0.5, 0.6) is 5.75 Å². The third-order valence-electron chi connectivity index (χ3n) is 3.88. The van der Waals surface area contributed by atoms with Gasteiger partial charge in [-0.25, -0.2) is 4.98 Å². The third kappa shape index (κ3) is 3.50. The largest absolute Gasteiger partial charge is 0.507 e. The molecule has 1 aromatic carbocycles. The van der Waals surface area contributed by atoms with Gasteiger partial charge in [0.15, 0.2) is 5.13 Å². The number of phenolic OH excluding ortho intramolecular Hbond substituents is 1. The van der Waals surface area contributed by atoms with Crippen LogP contribution in [0.25, 0.3) is 0 Å². The normalized spacial score (nSPS) is 17.7. The highest BCUT2D eigenvalue weighted by Gasteiger charge is 2.30. The molecule has 2 heterocycles. The Labute approximate surface area is 137 Å². The van der Waals surface area contributed by atoms with E-state index in [9.17, 15) is 14.7 Å². The Morgan fingerprint density at radius 3 is 2.91 bits per heavy atom. The van der Waals surface area contributed by atoms with Gasteiger partial charge in [-0.15, -0.1) is 11.3 Å². The number of hydrogen-bond acceptors (Lipinski definition) is 5. The number of para-hydroxylation sites is 1. The third-order valence-corrected chi connectivity index (χ3v) is 4.56. The van der Waals surface area contributed by atoms with Gasteiger partial charge in [0.25, 0.3) is 5.91 Å². The molecule has 2 aromatic rings. The summed E-state index contributed by atoms with van der Waals surface area (Å²) in [5, 5.41) is 15.0. The molecule has 1 aliphatic heterocycles. The predicted octanol–water partition coefficient (Wildman–Crippen LogP) is 2.34. The average Bonchev–Trinajstić information content (AvgIpc) is 3.08. The van der Waals surface area contributed by atoms with Crippen molar-refractivity contribution < 1.29 is 14.7 Å². The van der Waals surface area contributed by atoms with Crippen LogP contribution in [0.4, 0.5) is 5.13 Å². The molecular weight excluding hydrogens is 314 g/mol. The van der Waals surface area contributed by atoms with Crippen molar-refractivity contribution in [2.75, 3.05) is 18.4 Å². The first-order valence-corrected chi connectivity index (χ1v) is 8.31. The smallest absolute Gasteiger partial charge is 0.257 e. The number of likely N-dealkylation sites (tertiary alicyclic amines) is 1. The van der Waals surface area contributed by atoms with Crippen LogP contribution < -0.4 is 5.32 Å². The second-order valence-electron chi connectivity index (χ2n) is 5.43. The molecule has 23 heavy (non-hydrogen) atoms. The SMILES string of the molecule is O=C(Nc1nccs1)[C@H]1CCCN(C(=O)c2ccccc2O)C1. The second kappa shape index (κ2) is 6.78. The Bertz CT molecular complexity index is 702. The van der Waals surface area contributed by atoms with E-state index in [1.165, 1.54) is 17.4 Å². The number of nitrogens with zero attached hydrogens (tertiary/aromatic N) is 2. The summed E-state index contributed by atoms with van der Waals surface area (Å²) in [4.78, 5) is 30.5. The number of aromatic hydroxyl groups is 1. The number of rotatable bonds is 3. The molecule has 7 heteroatoms. The summed E-state index contributed by atoms with van der Waals surface area (Å²) in [6, 6.07) is 6.47. The number of aromatic nitrogens is 1. The summed E-state index contributed by atoms with van der Waals surface area (Å²) >= 11 is 1.36. The van der Waals surface area contributed by atoms with Crippen molar-refractivity contribution in [3.8, 4) is 5.75 Å². The lowest BCUT2D eigenvalue weighted by molar-refractivity contribution is -0.121. The number of carbonyl (C=O) groups excluding carboxylic acids is 2. The lowest BCUT2D eigenvalue weighted by atomic mass is 9.96. The van der Waals surface area contributed by atoms with Gasteiger partial charge in [-0.1, -0.05) is 12.1 Å². The quantitative estimate of drug-likeness (QED) is 0.904. The summed E-state index contributed by atoms with van der Waals surface area (Å²) < 4.78 is 0. The molecule has 0 bridgehead atoms. The van der Waals surface area contributed by atoms with Gasteiger partial charge in [0.1, 0.15) is 5.75 Å². The highest BCUT2D eigenvalue weighted by Crippen LogP contribution is 2.24. The zero-order valence-corrected chi connectivity index (χ0v) is 13.3. The van der Waals surface area contributed by atoms with E-state index in [1.807, 2.05) is 0 Å². The Balaban J connectivity index is 1.67. The van der Waals surface area contributed by atoms with E-state index < -0.39 is 0 Å². The van der Waals surface area contributed by atoms with E-state index in [0.29, 0.717) is 18.2 Å². The zero-order chi connectivity index (χ0) is 16.2. The molecular formula is C16H17N3O3S. The molecule has 0 radical (unpaired) electrons. The Kier molecular flexibility index (Phi) is 4.57. The molecule has 6 nitrogen and oxygen atoms in total. The lowest BCUT2D eigenvalue weighted by Crippen LogP contribution is -2.43. The molecule has 1 aliphatic rings. The van der Waals surface area contributed by atoms with Crippen molar-refractivity contribution in [1.82, 2.24) is 9.88 Å². The Hall–Kier alpha value is -2.41. The first-order valence-electron chi connectivity index (χ1n) is 7.43. The minimum atomic E-state index is -0.262. The predicted molar refractivity (Wildman–Crippen MR) is 87.5 cm³/mol. The van der Waals surface area contributed by atoms with Crippen LogP contribution >= 0.6 is 11.3 Å². The van der Waals surface area contributed by atoms with Crippen molar-refractivity contribution in [1.29, 1.82) is 0 Å². The molecule has 3 rings (SSSR count). The monoisotopic (exact) mass is 331 g/mol. The molecule has 1 aromatic heterocycles. The number of piperidine rings is 1. The number of carbonyl (C=O) groups is 2. The molecule has 1 saturated heterocycles. The van der Waals surface area contributed by atoms with Crippen LogP contribution in [0, 0.1) is 5.92 Å². The van der Waals surface area contributed by atoms with E-state index in [-0.39, 0.29) is 29.0 Å². The average molecular weight is 331 g/mol. The van der Waals surface area contributed by atoms with Gasteiger partial charge in [-0.3, -0.25) is 9.59 Å². The second-order valence-corrected chi connectivity index (χ2v) is 6.33.